The van der Waals surface area contributed by atoms with Gasteiger partial charge in [0, 0.05) is 49.4 Å². The monoisotopic (exact) mass is 672 g/mol. The van der Waals surface area contributed by atoms with E-state index in [1.165, 1.54) is 14.0 Å². The van der Waals surface area contributed by atoms with E-state index in [9.17, 15) is 29.4 Å². The first-order chi connectivity index (χ1) is 22.7. The zero-order valence-corrected chi connectivity index (χ0v) is 28.5. The Morgan fingerprint density at radius 1 is 1.17 bits per heavy atom. The minimum atomic E-state index is -1.50. The average Bonchev–Trinajstić information content (AvgIpc) is 3.63. The molecule has 264 valence electrons. The van der Waals surface area contributed by atoms with Gasteiger partial charge in [0.25, 0.3) is 0 Å². The maximum Gasteiger partial charge on any atom is 0.417 e. The molecule has 5 rings (SSSR count). The number of likely N-dealkylation sites (N-methyl/N-ethyl adjacent to an activating group) is 1. The molecule has 2 saturated carbocycles. The van der Waals surface area contributed by atoms with Crippen molar-refractivity contribution in [2.45, 2.75) is 70.2 Å². The Hall–Kier alpha value is -3.52. The van der Waals surface area contributed by atoms with E-state index < -0.39 is 77.8 Å². The predicted octanol–water partition coefficient (Wildman–Crippen LogP) is 1.90. The quantitative estimate of drug-likeness (QED) is 0.159. The molecule has 0 spiro atoms. The Bertz CT molecular complexity index is 1420. The molecule has 0 bridgehead atoms. The molecule has 3 N–H and O–H groups in total. The SMILES string of the molecule is CO[C@H]1C[C@H]2C=CC3C(C4[C@H]3[C@H](OC(=O)c3ccc[nH]3)[C@H](C)[C@H]4O)[C@]2(O)/C(C)=C/[C@@H](C)[C@@H]([C@@H](C)OC(=O)C(=O)OCCN(C)C)OC1=O. The zero-order chi connectivity index (χ0) is 35.1. The Labute approximate surface area is 280 Å². The Morgan fingerprint density at radius 2 is 1.90 bits per heavy atom. The lowest BCUT2D eigenvalue weighted by Gasteiger charge is -2.61. The summed E-state index contributed by atoms with van der Waals surface area (Å²) in [7, 11) is 4.98. The van der Waals surface area contributed by atoms with Gasteiger partial charge in [-0.25, -0.2) is 19.2 Å². The van der Waals surface area contributed by atoms with Crippen LogP contribution in [0.15, 0.2) is 42.1 Å². The van der Waals surface area contributed by atoms with Crippen molar-refractivity contribution in [2.24, 2.45) is 41.4 Å². The number of carbonyl (C=O) groups excluding carboxylic acids is 4. The predicted molar refractivity (Wildman–Crippen MR) is 170 cm³/mol. The first-order valence-corrected chi connectivity index (χ1v) is 16.6. The number of hydrogen-bond acceptors (Lipinski definition) is 12. The van der Waals surface area contributed by atoms with Gasteiger partial charge in [0.05, 0.1) is 11.7 Å². The van der Waals surface area contributed by atoms with Gasteiger partial charge in [0.1, 0.15) is 30.6 Å². The highest BCUT2D eigenvalue weighted by Gasteiger charge is 2.71. The van der Waals surface area contributed by atoms with Crippen LogP contribution in [0.25, 0.3) is 0 Å². The van der Waals surface area contributed by atoms with Crippen LogP contribution in [0.1, 0.15) is 44.6 Å². The maximum absolute atomic E-state index is 13.5. The number of nitrogens with zero attached hydrogens (tertiary/aromatic N) is 1. The number of nitrogens with one attached hydrogen (secondary N) is 1. The van der Waals surface area contributed by atoms with Crippen LogP contribution in [-0.4, -0.2) is 114 Å². The molecule has 0 aromatic carbocycles. The fraction of sp³-hybridized carbons (Fsp3) is 0.657. The molecule has 13 atom stereocenters. The second kappa shape index (κ2) is 14.1. The molecule has 48 heavy (non-hydrogen) atoms. The van der Waals surface area contributed by atoms with Crippen LogP contribution in [0.4, 0.5) is 0 Å². The molecule has 3 aliphatic carbocycles. The van der Waals surface area contributed by atoms with E-state index >= 15 is 0 Å². The number of aromatic nitrogens is 1. The van der Waals surface area contributed by atoms with Gasteiger partial charge in [-0.3, -0.25) is 0 Å². The number of allylic oxidation sites excluding steroid dienone is 1. The molecule has 2 fully saturated rings. The smallest absolute Gasteiger partial charge is 0.417 e. The molecule has 3 unspecified atom stereocenters. The van der Waals surface area contributed by atoms with Crippen molar-refractivity contribution < 1.29 is 53.1 Å². The van der Waals surface area contributed by atoms with Gasteiger partial charge in [0.15, 0.2) is 6.10 Å². The van der Waals surface area contributed by atoms with Crippen molar-refractivity contribution in [1.82, 2.24) is 9.88 Å². The number of ether oxygens (including phenoxy) is 5. The number of aromatic amines is 1. The second-order valence-corrected chi connectivity index (χ2v) is 14.0. The number of H-pyrrole nitrogens is 1. The molecule has 1 aromatic heterocycles. The van der Waals surface area contributed by atoms with Crippen LogP contribution in [0.2, 0.25) is 0 Å². The molecule has 13 heteroatoms. The van der Waals surface area contributed by atoms with E-state index in [1.807, 2.05) is 26.0 Å². The lowest BCUT2D eigenvalue weighted by molar-refractivity contribution is -0.190. The highest BCUT2D eigenvalue weighted by atomic mass is 16.6. The number of cyclic esters (lactones) is 1. The molecule has 0 saturated heterocycles. The van der Waals surface area contributed by atoms with E-state index in [0.717, 1.165) is 0 Å². The summed E-state index contributed by atoms with van der Waals surface area (Å²) in [5, 5.41) is 24.4. The number of hydrogen-bond donors (Lipinski definition) is 3. The highest BCUT2D eigenvalue weighted by Crippen LogP contribution is 2.66. The number of rotatable bonds is 8. The lowest BCUT2D eigenvalue weighted by atomic mass is 9.46. The topological polar surface area (TPSA) is 174 Å². The summed E-state index contributed by atoms with van der Waals surface area (Å²) < 4.78 is 27.8. The van der Waals surface area contributed by atoms with Gasteiger partial charge in [-0.1, -0.05) is 32.1 Å². The standard InChI is InChI=1S/C35H48N2O11/c1-17-15-18(2)35(43)21(16-24(44-7)32(40)47-29(17)20(4)46-34(42)33(41)45-14-13-37(5)6)10-11-22-25-26(27(22)35)28(38)19(3)30(25)48-31(39)23-9-8-12-36-23/h8-12,15,17,19-22,24-30,36,38,43H,13-14,16H2,1-7H3/b18-15+/t17-,19-,20-,21-,22?,24+,25+,26?,27?,28-,29+,30-,35+/m1/s1. The molecular formula is C35H48N2O11. The van der Waals surface area contributed by atoms with Crippen molar-refractivity contribution in [3.63, 3.8) is 0 Å². The van der Waals surface area contributed by atoms with E-state index in [4.69, 9.17) is 23.7 Å². The number of carbonyl (C=O) groups is 4. The number of methoxy groups -OCH3 is 1. The molecule has 1 aliphatic heterocycles. The van der Waals surface area contributed by atoms with Gasteiger partial charge in [-0.15, -0.1) is 0 Å². The van der Waals surface area contributed by atoms with Gasteiger partial charge in [-0.2, -0.15) is 0 Å². The summed E-state index contributed by atoms with van der Waals surface area (Å²) in [6.45, 7) is 7.38. The third kappa shape index (κ3) is 6.45. The van der Waals surface area contributed by atoms with Crippen molar-refractivity contribution in [3.05, 3.63) is 47.8 Å². The Kier molecular flexibility index (Phi) is 10.5. The second-order valence-electron chi connectivity index (χ2n) is 14.0. The van der Waals surface area contributed by atoms with Crippen LogP contribution < -0.4 is 0 Å². The summed E-state index contributed by atoms with van der Waals surface area (Å²) >= 11 is 0. The minimum Gasteiger partial charge on any atom is -0.457 e. The molecule has 1 aromatic rings. The lowest BCUT2D eigenvalue weighted by Crippen LogP contribution is -2.65. The van der Waals surface area contributed by atoms with E-state index in [0.29, 0.717) is 17.8 Å². The summed E-state index contributed by atoms with van der Waals surface area (Å²) in [4.78, 5) is 55.9. The van der Waals surface area contributed by atoms with Crippen LogP contribution >= 0.6 is 0 Å². The van der Waals surface area contributed by atoms with Crippen molar-refractivity contribution in [1.29, 1.82) is 0 Å². The fourth-order valence-corrected chi connectivity index (χ4v) is 8.40. The number of esters is 4. The van der Waals surface area contributed by atoms with Crippen molar-refractivity contribution in [3.8, 4) is 0 Å². The summed E-state index contributed by atoms with van der Waals surface area (Å²) in [5.74, 6) is -6.32. The van der Waals surface area contributed by atoms with Gasteiger partial charge in [-0.05, 0) is 63.9 Å². The fourth-order valence-electron chi connectivity index (χ4n) is 8.40. The number of aliphatic hydroxyl groups excluding tert-OH is 1. The number of aliphatic hydroxyl groups is 2. The Balaban J connectivity index is 1.41. The summed E-state index contributed by atoms with van der Waals surface area (Å²) in [5.41, 5.74) is -0.575. The molecule has 13 nitrogen and oxygen atoms in total. The van der Waals surface area contributed by atoms with E-state index in [1.54, 1.807) is 50.3 Å². The third-order valence-corrected chi connectivity index (χ3v) is 10.9. The van der Waals surface area contributed by atoms with Gasteiger partial charge < -0.3 is 43.8 Å². The first kappa shape index (κ1) is 35.8. The zero-order valence-electron chi connectivity index (χ0n) is 28.5. The maximum atomic E-state index is 13.5. The van der Waals surface area contributed by atoms with Crippen LogP contribution in [0, 0.1) is 41.4 Å². The van der Waals surface area contributed by atoms with E-state index in [-0.39, 0.29) is 36.7 Å². The highest BCUT2D eigenvalue weighted by molar-refractivity contribution is 6.29. The average molecular weight is 673 g/mol. The van der Waals surface area contributed by atoms with E-state index in [2.05, 4.69) is 4.98 Å². The minimum absolute atomic E-state index is 0.00319. The molecule has 2 heterocycles. The molecule has 0 radical (unpaired) electrons. The Morgan fingerprint density at radius 3 is 2.54 bits per heavy atom. The van der Waals surface area contributed by atoms with Crippen LogP contribution in [0.3, 0.4) is 0 Å². The molecule has 4 aliphatic rings. The van der Waals surface area contributed by atoms with Crippen molar-refractivity contribution >= 4 is 23.9 Å². The first-order valence-electron chi connectivity index (χ1n) is 16.6. The number of fused-ring (bicyclic) bond motifs is 6. The summed E-state index contributed by atoms with van der Waals surface area (Å²) in [6, 6.07) is 3.34. The largest absolute Gasteiger partial charge is 0.457 e. The summed E-state index contributed by atoms with van der Waals surface area (Å²) in [6.07, 6.45) is 2.87. The van der Waals surface area contributed by atoms with Gasteiger partial charge in [0.2, 0.25) is 0 Å². The van der Waals surface area contributed by atoms with Crippen LogP contribution in [0.5, 0.6) is 0 Å². The van der Waals surface area contributed by atoms with Crippen molar-refractivity contribution in [2.75, 3.05) is 34.4 Å². The third-order valence-electron chi connectivity index (χ3n) is 10.9. The normalized spacial score (nSPS) is 39.0. The van der Waals surface area contributed by atoms with Crippen LogP contribution in [-0.2, 0) is 38.1 Å². The molecular weight excluding hydrogens is 624 g/mol. The molecule has 0 amide bonds. The van der Waals surface area contributed by atoms with Gasteiger partial charge >= 0.3 is 23.9 Å².